The molecule has 3 rings (SSSR count). The van der Waals surface area contributed by atoms with Gasteiger partial charge in [0.15, 0.2) is 6.29 Å². The van der Waals surface area contributed by atoms with Gasteiger partial charge in [-0.25, -0.2) is 0 Å². The molecule has 1 aromatic carbocycles. The Morgan fingerprint density at radius 2 is 2.31 bits per heavy atom. The minimum atomic E-state index is 0.551. The van der Waals surface area contributed by atoms with Crippen molar-refractivity contribution in [2.75, 3.05) is 0 Å². The van der Waals surface area contributed by atoms with Crippen LogP contribution in [0.25, 0.3) is 0 Å². The van der Waals surface area contributed by atoms with Gasteiger partial charge in [0, 0.05) is 18.7 Å². The maximum absolute atomic E-state index is 10.5. The number of carbonyl (C=O) groups excluding carboxylic acids is 1. The van der Waals surface area contributed by atoms with Crippen LogP contribution in [0.4, 0.5) is 0 Å². The maximum Gasteiger partial charge on any atom is 0.153 e. The summed E-state index contributed by atoms with van der Waals surface area (Å²) in [5, 5.41) is 4.17. The number of carbonyl (C=O) groups is 1. The Bertz CT molecular complexity index is 530. The van der Waals surface area contributed by atoms with E-state index in [9.17, 15) is 4.79 Å². The molecule has 1 aliphatic carbocycles. The minimum absolute atomic E-state index is 0.551. The Morgan fingerprint density at radius 3 is 3.06 bits per heavy atom. The molecule has 16 heavy (non-hydrogen) atoms. The van der Waals surface area contributed by atoms with E-state index in [4.69, 9.17) is 0 Å². The molecule has 0 N–H and O–H groups in total. The van der Waals surface area contributed by atoms with Crippen LogP contribution < -0.4 is 0 Å². The fourth-order valence-corrected chi connectivity index (χ4v) is 2.29. The molecule has 0 radical (unpaired) electrons. The molecule has 80 valence electrons. The fourth-order valence-electron chi connectivity index (χ4n) is 2.29. The highest BCUT2D eigenvalue weighted by molar-refractivity contribution is 5.73. The summed E-state index contributed by atoms with van der Waals surface area (Å²) in [7, 11) is 0. The first-order valence-electron chi connectivity index (χ1n) is 5.42. The molecule has 2 aromatic rings. The third kappa shape index (κ3) is 1.45. The smallest absolute Gasteiger partial charge is 0.153 e. The van der Waals surface area contributed by atoms with Crippen LogP contribution in [0.15, 0.2) is 36.7 Å². The molecule has 0 bridgehead atoms. The van der Waals surface area contributed by atoms with E-state index in [0.717, 1.165) is 19.3 Å². The van der Waals surface area contributed by atoms with Gasteiger partial charge >= 0.3 is 0 Å². The lowest BCUT2D eigenvalue weighted by atomic mass is 9.78. The third-order valence-corrected chi connectivity index (χ3v) is 3.16. The highest BCUT2D eigenvalue weighted by Gasteiger charge is 2.25. The average Bonchev–Trinajstić information content (AvgIpc) is 2.74. The van der Waals surface area contributed by atoms with Crippen molar-refractivity contribution in [3.8, 4) is 0 Å². The van der Waals surface area contributed by atoms with E-state index < -0.39 is 0 Å². The molecule has 0 fully saturated rings. The van der Waals surface area contributed by atoms with Crippen LogP contribution in [0.1, 0.15) is 27.4 Å². The van der Waals surface area contributed by atoms with Crippen LogP contribution in [0.2, 0.25) is 0 Å². The zero-order chi connectivity index (χ0) is 11.0. The summed E-state index contributed by atoms with van der Waals surface area (Å²) in [5.41, 5.74) is 3.51. The lowest BCUT2D eigenvalue weighted by molar-refractivity contribution is 0.112. The zero-order valence-corrected chi connectivity index (χ0v) is 8.84. The van der Waals surface area contributed by atoms with Crippen LogP contribution >= 0.6 is 0 Å². The SMILES string of the molecule is O=Cc1cnn(CC2Cc3ccccc32)c1. The highest BCUT2D eigenvalue weighted by Crippen LogP contribution is 2.35. The number of hydrogen-bond acceptors (Lipinski definition) is 2. The van der Waals surface area contributed by atoms with E-state index in [1.807, 2.05) is 4.68 Å². The molecule has 1 aromatic heterocycles. The second-order valence-corrected chi connectivity index (χ2v) is 4.21. The van der Waals surface area contributed by atoms with Crippen molar-refractivity contribution in [2.45, 2.75) is 18.9 Å². The normalized spacial score (nSPS) is 17.6. The van der Waals surface area contributed by atoms with Gasteiger partial charge in [-0.05, 0) is 17.5 Å². The lowest BCUT2D eigenvalue weighted by Crippen LogP contribution is -2.22. The summed E-state index contributed by atoms with van der Waals surface area (Å²) in [5.74, 6) is 0.551. The van der Waals surface area contributed by atoms with Crippen molar-refractivity contribution in [3.63, 3.8) is 0 Å². The molecule has 3 heteroatoms. The number of rotatable bonds is 3. The number of aromatic nitrogens is 2. The molecule has 1 aliphatic rings. The summed E-state index contributed by atoms with van der Waals surface area (Å²) < 4.78 is 1.85. The minimum Gasteiger partial charge on any atom is -0.298 e. The number of hydrogen-bond donors (Lipinski definition) is 0. The van der Waals surface area contributed by atoms with Crippen molar-refractivity contribution in [1.82, 2.24) is 9.78 Å². The summed E-state index contributed by atoms with van der Waals surface area (Å²) in [6.45, 7) is 0.866. The largest absolute Gasteiger partial charge is 0.298 e. The maximum atomic E-state index is 10.5. The van der Waals surface area contributed by atoms with E-state index in [1.165, 1.54) is 11.1 Å². The van der Waals surface area contributed by atoms with Gasteiger partial charge in [0.2, 0.25) is 0 Å². The summed E-state index contributed by atoms with van der Waals surface area (Å²) >= 11 is 0. The molecular weight excluding hydrogens is 200 g/mol. The Labute approximate surface area is 93.7 Å². The van der Waals surface area contributed by atoms with E-state index in [-0.39, 0.29) is 0 Å². The van der Waals surface area contributed by atoms with Crippen LogP contribution in [-0.4, -0.2) is 16.1 Å². The Balaban J connectivity index is 1.76. The first-order valence-corrected chi connectivity index (χ1v) is 5.42. The molecule has 3 nitrogen and oxygen atoms in total. The predicted molar refractivity (Wildman–Crippen MR) is 60.5 cm³/mol. The molecule has 1 heterocycles. The zero-order valence-electron chi connectivity index (χ0n) is 8.84. The van der Waals surface area contributed by atoms with Gasteiger partial charge in [-0.1, -0.05) is 24.3 Å². The molecule has 1 unspecified atom stereocenters. The molecule has 0 saturated heterocycles. The van der Waals surface area contributed by atoms with Crippen LogP contribution in [0.5, 0.6) is 0 Å². The van der Waals surface area contributed by atoms with Crippen LogP contribution in [0.3, 0.4) is 0 Å². The fraction of sp³-hybridized carbons (Fsp3) is 0.231. The van der Waals surface area contributed by atoms with Crippen LogP contribution in [-0.2, 0) is 13.0 Å². The van der Waals surface area contributed by atoms with Gasteiger partial charge in [0.1, 0.15) is 0 Å². The predicted octanol–water partition coefficient (Wildman–Crippen LogP) is 2.04. The summed E-state index contributed by atoms with van der Waals surface area (Å²) in [4.78, 5) is 10.5. The van der Waals surface area contributed by atoms with Crippen molar-refractivity contribution in [3.05, 3.63) is 53.3 Å². The van der Waals surface area contributed by atoms with Crippen molar-refractivity contribution in [2.24, 2.45) is 0 Å². The second-order valence-electron chi connectivity index (χ2n) is 4.21. The number of aldehydes is 1. The first kappa shape index (κ1) is 9.33. The molecular formula is C13H12N2O. The van der Waals surface area contributed by atoms with Crippen molar-refractivity contribution < 1.29 is 4.79 Å². The van der Waals surface area contributed by atoms with Crippen LogP contribution in [0, 0.1) is 0 Å². The van der Waals surface area contributed by atoms with Gasteiger partial charge < -0.3 is 0 Å². The average molecular weight is 212 g/mol. The highest BCUT2D eigenvalue weighted by atomic mass is 16.1. The molecule has 0 spiro atoms. The van der Waals surface area contributed by atoms with Crippen molar-refractivity contribution >= 4 is 6.29 Å². The van der Waals surface area contributed by atoms with E-state index in [1.54, 1.807) is 12.4 Å². The summed E-state index contributed by atoms with van der Waals surface area (Å²) in [6, 6.07) is 8.50. The quantitative estimate of drug-likeness (QED) is 0.730. The summed E-state index contributed by atoms with van der Waals surface area (Å²) in [6.07, 6.45) is 5.36. The third-order valence-electron chi connectivity index (χ3n) is 3.16. The first-order chi connectivity index (χ1) is 7.86. The number of nitrogens with zero attached hydrogens (tertiary/aromatic N) is 2. The van der Waals surface area contributed by atoms with Gasteiger partial charge in [-0.15, -0.1) is 0 Å². The number of benzene rings is 1. The standard InChI is InChI=1S/C13H12N2O/c16-9-10-6-14-15(7-10)8-12-5-11-3-1-2-4-13(11)12/h1-4,6-7,9,12H,5,8H2. The Morgan fingerprint density at radius 1 is 1.44 bits per heavy atom. The molecule has 0 amide bonds. The lowest BCUT2D eigenvalue weighted by Gasteiger charge is -2.29. The Kier molecular flexibility index (Phi) is 2.10. The topological polar surface area (TPSA) is 34.9 Å². The second kappa shape index (κ2) is 3.59. The van der Waals surface area contributed by atoms with E-state index in [2.05, 4.69) is 29.4 Å². The number of fused-ring (bicyclic) bond motifs is 1. The van der Waals surface area contributed by atoms with Gasteiger partial charge in [-0.3, -0.25) is 9.48 Å². The van der Waals surface area contributed by atoms with E-state index in [0.29, 0.717) is 11.5 Å². The van der Waals surface area contributed by atoms with Gasteiger partial charge in [-0.2, -0.15) is 5.10 Å². The van der Waals surface area contributed by atoms with Gasteiger partial charge in [0.05, 0.1) is 11.8 Å². The molecule has 1 atom stereocenters. The molecule has 0 saturated carbocycles. The molecule has 0 aliphatic heterocycles. The monoisotopic (exact) mass is 212 g/mol. The van der Waals surface area contributed by atoms with Crippen molar-refractivity contribution in [1.29, 1.82) is 0 Å². The Hall–Kier alpha value is -1.90. The van der Waals surface area contributed by atoms with Gasteiger partial charge in [0.25, 0.3) is 0 Å². The van der Waals surface area contributed by atoms with E-state index >= 15 is 0 Å².